The molecule has 152 valence electrons. The van der Waals surface area contributed by atoms with Crippen molar-refractivity contribution in [3.63, 3.8) is 0 Å². The molecule has 1 aliphatic rings. The number of carbonyl (C=O) groups excluding carboxylic acids is 1. The number of hydrogen-bond acceptors (Lipinski definition) is 3. The van der Waals surface area contributed by atoms with Crippen molar-refractivity contribution in [3.05, 3.63) is 95.5 Å². The fourth-order valence-corrected chi connectivity index (χ4v) is 4.26. The summed E-state index contributed by atoms with van der Waals surface area (Å²) in [5.74, 6) is 0.739. The third-order valence-corrected chi connectivity index (χ3v) is 5.77. The van der Waals surface area contributed by atoms with Gasteiger partial charge in [0.15, 0.2) is 0 Å². The van der Waals surface area contributed by atoms with Gasteiger partial charge in [0.05, 0.1) is 25.0 Å². The molecular formula is C24H24N4O2. The molecule has 5 rings (SSSR count). The number of furan rings is 1. The van der Waals surface area contributed by atoms with Gasteiger partial charge in [-0.15, -0.1) is 0 Å². The molecule has 4 aromatic rings. The fraction of sp³-hybridized carbons (Fsp3) is 0.250. The third kappa shape index (κ3) is 3.45. The summed E-state index contributed by atoms with van der Waals surface area (Å²) >= 11 is 0. The first-order chi connectivity index (χ1) is 14.7. The summed E-state index contributed by atoms with van der Waals surface area (Å²) in [7, 11) is 1.99. The van der Waals surface area contributed by atoms with E-state index >= 15 is 0 Å². The van der Waals surface area contributed by atoms with Gasteiger partial charge in [0, 0.05) is 36.4 Å². The zero-order chi connectivity index (χ0) is 20.5. The maximum atomic E-state index is 13.4. The van der Waals surface area contributed by atoms with Gasteiger partial charge in [0.2, 0.25) is 0 Å². The second-order valence-electron chi connectivity index (χ2n) is 7.73. The van der Waals surface area contributed by atoms with Crippen LogP contribution in [0.1, 0.15) is 39.5 Å². The summed E-state index contributed by atoms with van der Waals surface area (Å²) in [6.45, 7) is 0.887. The smallest absolute Gasteiger partial charge is 0.254 e. The zero-order valence-corrected chi connectivity index (χ0v) is 17.0. The van der Waals surface area contributed by atoms with Crippen LogP contribution >= 0.6 is 0 Å². The van der Waals surface area contributed by atoms with Gasteiger partial charge in [0.1, 0.15) is 5.76 Å². The first-order valence-electron chi connectivity index (χ1n) is 10.3. The highest BCUT2D eigenvalue weighted by Gasteiger charge is 2.25. The van der Waals surface area contributed by atoms with E-state index in [4.69, 9.17) is 9.52 Å². The van der Waals surface area contributed by atoms with E-state index in [1.807, 2.05) is 82.1 Å². The number of rotatable bonds is 6. The van der Waals surface area contributed by atoms with E-state index in [9.17, 15) is 4.79 Å². The van der Waals surface area contributed by atoms with Crippen LogP contribution in [-0.4, -0.2) is 25.2 Å². The van der Waals surface area contributed by atoms with Crippen molar-refractivity contribution >= 4 is 5.91 Å². The highest BCUT2D eigenvalue weighted by Crippen LogP contribution is 2.26. The molecule has 3 aromatic heterocycles. The van der Waals surface area contributed by atoms with Crippen LogP contribution in [0.25, 0.3) is 5.69 Å². The molecule has 0 spiro atoms. The summed E-state index contributed by atoms with van der Waals surface area (Å²) in [6.07, 6.45) is 8.87. The lowest BCUT2D eigenvalue weighted by atomic mass is 10.1. The lowest BCUT2D eigenvalue weighted by molar-refractivity contribution is 0.0714. The molecule has 6 nitrogen and oxygen atoms in total. The number of carbonyl (C=O) groups is 1. The molecule has 1 amide bonds. The van der Waals surface area contributed by atoms with E-state index in [1.54, 1.807) is 6.26 Å². The van der Waals surface area contributed by atoms with Gasteiger partial charge in [-0.1, -0.05) is 0 Å². The van der Waals surface area contributed by atoms with Crippen molar-refractivity contribution in [2.75, 3.05) is 0 Å². The Morgan fingerprint density at radius 2 is 1.87 bits per heavy atom. The van der Waals surface area contributed by atoms with Crippen molar-refractivity contribution in [1.82, 2.24) is 19.2 Å². The minimum absolute atomic E-state index is 0.0251. The van der Waals surface area contributed by atoms with Gasteiger partial charge < -0.3 is 13.9 Å². The number of benzene rings is 1. The van der Waals surface area contributed by atoms with E-state index in [0.29, 0.717) is 18.7 Å². The Morgan fingerprint density at radius 1 is 1.07 bits per heavy atom. The molecule has 0 fully saturated rings. The second-order valence-corrected chi connectivity index (χ2v) is 7.73. The number of aromatic nitrogens is 3. The van der Waals surface area contributed by atoms with Crippen molar-refractivity contribution in [2.45, 2.75) is 32.4 Å². The molecule has 3 heterocycles. The summed E-state index contributed by atoms with van der Waals surface area (Å²) in [4.78, 5) is 15.2. The Kier molecular flexibility index (Phi) is 4.75. The second kappa shape index (κ2) is 7.71. The lowest BCUT2D eigenvalue weighted by Gasteiger charge is -2.21. The highest BCUT2D eigenvalue weighted by molar-refractivity contribution is 5.94. The molecule has 0 saturated carbocycles. The third-order valence-electron chi connectivity index (χ3n) is 5.77. The van der Waals surface area contributed by atoms with Gasteiger partial charge in [0.25, 0.3) is 5.91 Å². The van der Waals surface area contributed by atoms with Crippen LogP contribution in [-0.2, 0) is 33.0 Å². The van der Waals surface area contributed by atoms with E-state index < -0.39 is 0 Å². The van der Waals surface area contributed by atoms with Gasteiger partial charge in [-0.2, -0.15) is 5.10 Å². The monoisotopic (exact) mass is 400 g/mol. The first kappa shape index (κ1) is 18.5. The maximum Gasteiger partial charge on any atom is 0.254 e. The summed E-state index contributed by atoms with van der Waals surface area (Å²) in [5.41, 5.74) is 5.28. The van der Waals surface area contributed by atoms with E-state index in [0.717, 1.165) is 36.4 Å². The SMILES string of the molecule is Cn1nc(CN(Cc2ccco2)C(=O)c2ccc(-n3cccc3)cc2)c2c1CCC2. The molecule has 0 aliphatic heterocycles. The Balaban J connectivity index is 1.42. The van der Waals surface area contributed by atoms with E-state index in [2.05, 4.69) is 0 Å². The van der Waals surface area contributed by atoms with Crippen LogP contribution in [0.2, 0.25) is 0 Å². The van der Waals surface area contributed by atoms with Crippen molar-refractivity contribution in [1.29, 1.82) is 0 Å². The van der Waals surface area contributed by atoms with Crippen molar-refractivity contribution < 1.29 is 9.21 Å². The number of aryl methyl sites for hydroxylation is 1. The zero-order valence-electron chi connectivity index (χ0n) is 17.0. The Bertz CT molecular complexity index is 1140. The lowest BCUT2D eigenvalue weighted by Crippen LogP contribution is -2.30. The molecule has 0 bridgehead atoms. The van der Waals surface area contributed by atoms with Crippen molar-refractivity contribution in [3.8, 4) is 5.69 Å². The number of nitrogens with zero attached hydrogens (tertiary/aromatic N) is 4. The van der Waals surface area contributed by atoms with Crippen LogP contribution in [0.3, 0.4) is 0 Å². The van der Waals surface area contributed by atoms with Gasteiger partial charge in [-0.05, 0) is 73.4 Å². The van der Waals surface area contributed by atoms with Crippen LogP contribution in [0.5, 0.6) is 0 Å². The Hall–Kier alpha value is -3.54. The molecular weight excluding hydrogens is 376 g/mol. The molecule has 0 radical (unpaired) electrons. The quantitative estimate of drug-likeness (QED) is 0.489. The molecule has 6 heteroatoms. The van der Waals surface area contributed by atoms with Gasteiger partial charge in [-0.3, -0.25) is 9.48 Å². The van der Waals surface area contributed by atoms with Crippen LogP contribution < -0.4 is 0 Å². The van der Waals surface area contributed by atoms with Gasteiger partial charge in [-0.25, -0.2) is 0 Å². The van der Waals surface area contributed by atoms with Crippen LogP contribution in [0.4, 0.5) is 0 Å². The molecule has 0 unspecified atom stereocenters. The average Bonchev–Trinajstić information content (AvgIpc) is 3.55. The summed E-state index contributed by atoms with van der Waals surface area (Å²) in [5, 5.41) is 4.71. The molecule has 1 aliphatic carbocycles. The summed E-state index contributed by atoms with van der Waals surface area (Å²) in [6, 6.07) is 15.4. The predicted octanol–water partition coefficient (Wildman–Crippen LogP) is 4.14. The van der Waals surface area contributed by atoms with Crippen LogP contribution in [0.15, 0.2) is 71.6 Å². The van der Waals surface area contributed by atoms with Crippen molar-refractivity contribution in [2.24, 2.45) is 7.05 Å². The standard InChI is InChI=1S/C24H24N4O2/c1-26-23-8-4-7-21(23)22(25-26)17-28(16-20-6-5-15-30-20)24(29)18-9-11-19(12-10-18)27-13-2-3-14-27/h2-3,5-6,9-15H,4,7-8,16-17H2,1H3. The minimum atomic E-state index is -0.0251. The fourth-order valence-electron chi connectivity index (χ4n) is 4.26. The average molecular weight is 400 g/mol. The minimum Gasteiger partial charge on any atom is -0.467 e. The number of fused-ring (bicyclic) bond motifs is 1. The highest BCUT2D eigenvalue weighted by atomic mass is 16.3. The summed E-state index contributed by atoms with van der Waals surface area (Å²) < 4.78 is 9.52. The molecule has 0 atom stereocenters. The van der Waals surface area contributed by atoms with Crippen LogP contribution in [0, 0.1) is 0 Å². The van der Waals surface area contributed by atoms with E-state index in [-0.39, 0.29) is 5.91 Å². The Morgan fingerprint density at radius 3 is 2.60 bits per heavy atom. The maximum absolute atomic E-state index is 13.4. The molecule has 1 aromatic carbocycles. The van der Waals surface area contributed by atoms with Gasteiger partial charge >= 0.3 is 0 Å². The largest absolute Gasteiger partial charge is 0.467 e. The molecule has 0 N–H and O–H groups in total. The Labute approximate surface area is 175 Å². The first-order valence-corrected chi connectivity index (χ1v) is 10.3. The molecule has 0 saturated heterocycles. The predicted molar refractivity (Wildman–Crippen MR) is 113 cm³/mol. The number of amides is 1. The normalized spacial score (nSPS) is 12.8. The molecule has 30 heavy (non-hydrogen) atoms. The number of hydrogen-bond donors (Lipinski definition) is 0. The topological polar surface area (TPSA) is 56.2 Å². The van der Waals surface area contributed by atoms with E-state index in [1.165, 1.54) is 11.3 Å².